The SMILES string of the molecule is CC(C)(C[C@]1(C(F)(F)F)CO1)c1cc(Br)cc2c1OCC2. The molecule has 1 saturated heterocycles. The van der Waals surface area contributed by atoms with Crippen molar-refractivity contribution in [2.45, 2.75) is 43.9 Å². The van der Waals surface area contributed by atoms with Gasteiger partial charge in [0.1, 0.15) is 5.75 Å². The lowest BCUT2D eigenvalue weighted by atomic mass is 9.76. The zero-order valence-corrected chi connectivity index (χ0v) is 13.4. The van der Waals surface area contributed by atoms with Crippen LogP contribution in [0.5, 0.6) is 5.75 Å². The van der Waals surface area contributed by atoms with Gasteiger partial charge in [-0.15, -0.1) is 0 Å². The molecule has 2 aliphatic heterocycles. The summed E-state index contributed by atoms with van der Waals surface area (Å²) >= 11 is 3.43. The summed E-state index contributed by atoms with van der Waals surface area (Å²) in [6, 6.07) is 3.83. The average Bonchev–Trinajstić information content (AvgIpc) is 2.98. The maximum atomic E-state index is 13.1. The van der Waals surface area contributed by atoms with Crippen LogP contribution in [0.2, 0.25) is 0 Å². The smallest absolute Gasteiger partial charge is 0.419 e. The molecule has 1 atom stereocenters. The normalized spacial score (nSPS) is 24.7. The zero-order valence-electron chi connectivity index (χ0n) is 11.8. The Morgan fingerprint density at radius 3 is 2.52 bits per heavy atom. The second-order valence-electron chi connectivity index (χ2n) is 6.38. The topological polar surface area (TPSA) is 21.8 Å². The van der Waals surface area contributed by atoms with Crippen LogP contribution in [0, 0.1) is 0 Å². The van der Waals surface area contributed by atoms with Gasteiger partial charge in [-0.3, -0.25) is 0 Å². The van der Waals surface area contributed by atoms with E-state index in [1.54, 1.807) is 0 Å². The van der Waals surface area contributed by atoms with Crippen LogP contribution in [-0.2, 0) is 16.6 Å². The number of hydrogen-bond donors (Lipinski definition) is 0. The summed E-state index contributed by atoms with van der Waals surface area (Å²) in [5.41, 5.74) is -0.831. The Morgan fingerprint density at radius 1 is 1.29 bits per heavy atom. The molecule has 2 heterocycles. The summed E-state index contributed by atoms with van der Waals surface area (Å²) in [5, 5.41) is 0. The van der Waals surface area contributed by atoms with Gasteiger partial charge in [0.2, 0.25) is 0 Å². The number of hydrogen-bond acceptors (Lipinski definition) is 2. The van der Waals surface area contributed by atoms with Crippen LogP contribution in [0.1, 0.15) is 31.4 Å². The first-order valence-corrected chi connectivity index (χ1v) is 7.60. The van der Waals surface area contributed by atoms with E-state index in [2.05, 4.69) is 15.9 Å². The molecule has 6 heteroatoms. The van der Waals surface area contributed by atoms with E-state index in [9.17, 15) is 13.2 Å². The molecular weight excluding hydrogens is 349 g/mol. The lowest BCUT2D eigenvalue weighted by molar-refractivity contribution is -0.188. The van der Waals surface area contributed by atoms with E-state index in [4.69, 9.17) is 9.47 Å². The number of halogens is 4. The fraction of sp³-hybridized carbons (Fsp3) is 0.600. The highest BCUT2D eigenvalue weighted by atomic mass is 79.9. The Balaban J connectivity index is 1.96. The molecule has 0 unspecified atom stereocenters. The molecule has 0 bridgehead atoms. The first-order valence-electron chi connectivity index (χ1n) is 6.81. The quantitative estimate of drug-likeness (QED) is 0.742. The molecule has 0 N–H and O–H groups in total. The molecule has 1 aromatic rings. The third-order valence-electron chi connectivity index (χ3n) is 4.21. The van der Waals surface area contributed by atoms with Gasteiger partial charge >= 0.3 is 6.18 Å². The van der Waals surface area contributed by atoms with Crippen molar-refractivity contribution in [3.8, 4) is 5.75 Å². The minimum atomic E-state index is -4.33. The van der Waals surface area contributed by atoms with Crippen molar-refractivity contribution in [2.24, 2.45) is 0 Å². The molecule has 1 aromatic carbocycles. The Morgan fingerprint density at radius 2 is 1.95 bits per heavy atom. The monoisotopic (exact) mass is 364 g/mol. The summed E-state index contributed by atoms with van der Waals surface area (Å²) in [7, 11) is 0. The van der Waals surface area contributed by atoms with Gasteiger partial charge in [-0.25, -0.2) is 0 Å². The molecule has 0 spiro atoms. The molecular formula is C15H16BrF3O2. The lowest BCUT2D eigenvalue weighted by Gasteiger charge is -2.31. The standard InChI is InChI=1S/C15H16BrF3O2/c1-13(2,7-14(8-21-14)15(17,18)19)11-6-10(16)5-9-3-4-20-12(9)11/h5-6H,3-4,7-8H2,1-2H3/t14-/m1/s1. The fourth-order valence-electron chi connectivity index (χ4n) is 3.03. The summed E-state index contributed by atoms with van der Waals surface area (Å²) in [6.07, 6.45) is -3.64. The van der Waals surface area contributed by atoms with Crippen molar-refractivity contribution >= 4 is 15.9 Å². The van der Waals surface area contributed by atoms with Gasteiger partial charge in [-0.1, -0.05) is 29.8 Å². The van der Waals surface area contributed by atoms with Crippen LogP contribution in [-0.4, -0.2) is 25.0 Å². The number of rotatable bonds is 3. The molecule has 3 rings (SSSR count). The predicted molar refractivity (Wildman–Crippen MR) is 75.7 cm³/mol. The number of benzene rings is 1. The van der Waals surface area contributed by atoms with E-state index < -0.39 is 17.2 Å². The minimum Gasteiger partial charge on any atom is -0.493 e. The van der Waals surface area contributed by atoms with E-state index in [1.165, 1.54) is 0 Å². The van der Waals surface area contributed by atoms with E-state index in [1.807, 2.05) is 26.0 Å². The Bertz CT molecular complexity index is 577. The highest BCUT2D eigenvalue weighted by molar-refractivity contribution is 9.10. The van der Waals surface area contributed by atoms with Gasteiger partial charge in [-0.05, 0) is 29.5 Å². The second-order valence-corrected chi connectivity index (χ2v) is 7.30. The van der Waals surface area contributed by atoms with Crippen LogP contribution < -0.4 is 4.74 Å². The van der Waals surface area contributed by atoms with Crippen molar-refractivity contribution in [3.05, 3.63) is 27.7 Å². The maximum Gasteiger partial charge on any atom is 0.419 e. The van der Waals surface area contributed by atoms with Crippen LogP contribution in [0.15, 0.2) is 16.6 Å². The predicted octanol–water partition coefficient (Wildman–Crippen LogP) is 4.38. The van der Waals surface area contributed by atoms with Gasteiger partial charge in [0.05, 0.1) is 13.2 Å². The first-order chi connectivity index (χ1) is 9.65. The lowest BCUT2D eigenvalue weighted by Crippen LogP contribution is -2.39. The number of fused-ring (bicyclic) bond motifs is 1. The van der Waals surface area contributed by atoms with Crippen molar-refractivity contribution in [1.82, 2.24) is 0 Å². The third-order valence-corrected chi connectivity index (χ3v) is 4.67. The van der Waals surface area contributed by atoms with E-state index in [0.717, 1.165) is 27.8 Å². The van der Waals surface area contributed by atoms with Crippen molar-refractivity contribution in [2.75, 3.05) is 13.2 Å². The maximum absolute atomic E-state index is 13.1. The van der Waals surface area contributed by atoms with Crippen LogP contribution >= 0.6 is 15.9 Å². The molecule has 0 aromatic heterocycles. The Hall–Kier alpha value is -0.750. The largest absolute Gasteiger partial charge is 0.493 e. The van der Waals surface area contributed by atoms with Crippen molar-refractivity contribution in [3.63, 3.8) is 0 Å². The molecule has 0 amide bonds. The molecule has 0 aliphatic carbocycles. The van der Waals surface area contributed by atoms with E-state index >= 15 is 0 Å². The van der Waals surface area contributed by atoms with E-state index in [0.29, 0.717) is 6.61 Å². The van der Waals surface area contributed by atoms with Crippen LogP contribution in [0.3, 0.4) is 0 Å². The van der Waals surface area contributed by atoms with Gasteiger partial charge < -0.3 is 9.47 Å². The van der Waals surface area contributed by atoms with Gasteiger partial charge in [-0.2, -0.15) is 13.2 Å². The van der Waals surface area contributed by atoms with Crippen LogP contribution in [0.4, 0.5) is 13.2 Å². The molecule has 2 nitrogen and oxygen atoms in total. The average molecular weight is 365 g/mol. The molecule has 0 saturated carbocycles. The molecule has 116 valence electrons. The number of alkyl halides is 3. The summed E-state index contributed by atoms with van der Waals surface area (Å²) in [6.45, 7) is 3.95. The molecule has 1 fully saturated rings. The molecule has 0 radical (unpaired) electrons. The highest BCUT2D eigenvalue weighted by Crippen LogP contribution is 2.52. The van der Waals surface area contributed by atoms with Crippen molar-refractivity contribution < 1.29 is 22.6 Å². The number of epoxide rings is 1. The molecule has 21 heavy (non-hydrogen) atoms. The summed E-state index contributed by atoms with van der Waals surface area (Å²) < 4.78 is 50.7. The summed E-state index contributed by atoms with van der Waals surface area (Å²) in [5.74, 6) is 0.737. The Kier molecular flexibility index (Phi) is 3.34. The fourth-order valence-corrected chi connectivity index (χ4v) is 3.54. The van der Waals surface area contributed by atoms with Crippen LogP contribution in [0.25, 0.3) is 0 Å². The van der Waals surface area contributed by atoms with Gasteiger partial charge in [0.15, 0.2) is 5.60 Å². The van der Waals surface area contributed by atoms with Gasteiger partial charge in [0, 0.05) is 16.5 Å². The summed E-state index contributed by atoms with van der Waals surface area (Å²) in [4.78, 5) is 0. The molecule has 2 aliphatic rings. The minimum absolute atomic E-state index is 0.101. The van der Waals surface area contributed by atoms with Gasteiger partial charge in [0.25, 0.3) is 0 Å². The third kappa shape index (κ3) is 2.57. The zero-order chi connectivity index (χ0) is 15.5. The number of ether oxygens (including phenoxy) is 2. The van der Waals surface area contributed by atoms with Crippen molar-refractivity contribution in [1.29, 1.82) is 0 Å². The Labute approximate surface area is 129 Å². The van der Waals surface area contributed by atoms with E-state index in [-0.39, 0.29) is 13.0 Å². The first kappa shape index (κ1) is 15.2. The highest BCUT2D eigenvalue weighted by Gasteiger charge is 2.67. The second kappa shape index (κ2) is 4.62.